The van der Waals surface area contributed by atoms with Crippen molar-refractivity contribution in [3.05, 3.63) is 9.77 Å². The SMILES string of the molecule is CCC1CCCC(n2ncc(I)c2N)C1. The van der Waals surface area contributed by atoms with Crippen LogP contribution in [-0.2, 0) is 0 Å². The quantitative estimate of drug-likeness (QED) is 0.851. The Morgan fingerprint density at radius 3 is 3.00 bits per heavy atom. The molecule has 1 aliphatic carbocycles. The average molecular weight is 319 g/mol. The largest absolute Gasteiger partial charge is 0.383 e. The molecule has 1 saturated carbocycles. The zero-order chi connectivity index (χ0) is 10.8. The molecule has 4 heteroatoms. The number of nitrogens with zero attached hydrogens (tertiary/aromatic N) is 2. The van der Waals surface area contributed by atoms with Crippen LogP contribution in [0.5, 0.6) is 0 Å². The van der Waals surface area contributed by atoms with E-state index in [1.165, 1.54) is 32.1 Å². The highest BCUT2D eigenvalue weighted by molar-refractivity contribution is 14.1. The lowest BCUT2D eigenvalue weighted by molar-refractivity contribution is 0.250. The van der Waals surface area contributed by atoms with Gasteiger partial charge >= 0.3 is 0 Å². The van der Waals surface area contributed by atoms with Crippen molar-refractivity contribution in [2.45, 2.75) is 45.1 Å². The van der Waals surface area contributed by atoms with Gasteiger partial charge in [-0.05, 0) is 41.4 Å². The molecular weight excluding hydrogens is 301 g/mol. The summed E-state index contributed by atoms with van der Waals surface area (Å²) in [5, 5.41) is 4.39. The van der Waals surface area contributed by atoms with Crippen LogP contribution in [-0.4, -0.2) is 9.78 Å². The van der Waals surface area contributed by atoms with Gasteiger partial charge in [-0.25, -0.2) is 4.68 Å². The van der Waals surface area contributed by atoms with Crippen molar-refractivity contribution in [2.75, 3.05) is 5.73 Å². The molecule has 1 aliphatic rings. The Bertz CT molecular complexity index is 335. The normalized spacial score (nSPS) is 26.8. The fraction of sp³-hybridized carbons (Fsp3) is 0.727. The number of hydrogen-bond donors (Lipinski definition) is 1. The maximum Gasteiger partial charge on any atom is 0.135 e. The third-order valence-electron chi connectivity index (χ3n) is 3.47. The van der Waals surface area contributed by atoms with Gasteiger partial charge in [0.2, 0.25) is 0 Å². The van der Waals surface area contributed by atoms with Gasteiger partial charge in [0, 0.05) is 0 Å². The van der Waals surface area contributed by atoms with Gasteiger partial charge in [-0.2, -0.15) is 5.10 Å². The van der Waals surface area contributed by atoms with E-state index in [-0.39, 0.29) is 0 Å². The number of rotatable bonds is 2. The predicted octanol–water partition coefficient (Wildman–Crippen LogP) is 3.21. The molecule has 0 amide bonds. The molecule has 2 atom stereocenters. The van der Waals surface area contributed by atoms with Gasteiger partial charge in [0.25, 0.3) is 0 Å². The number of halogens is 1. The summed E-state index contributed by atoms with van der Waals surface area (Å²) in [6.07, 6.45) is 8.33. The maximum absolute atomic E-state index is 6.01. The van der Waals surface area contributed by atoms with Gasteiger partial charge in [-0.15, -0.1) is 0 Å². The smallest absolute Gasteiger partial charge is 0.135 e. The lowest BCUT2D eigenvalue weighted by Gasteiger charge is -2.29. The summed E-state index contributed by atoms with van der Waals surface area (Å²) in [6, 6.07) is 0.534. The zero-order valence-electron chi connectivity index (χ0n) is 9.12. The summed E-state index contributed by atoms with van der Waals surface area (Å²) in [7, 11) is 0. The lowest BCUT2D eigenvalue weighted by atomic mass is 9.84. The van der Waals surface area contributed by atoms with E-state index < -0.39 is 0 Å². The molecule has 2 rings (SSSR count). The molecule has 0 aliphatic heterocycles. The Hall–Kier alpha value is -0.260. The molecule has 0 spiro atoms. The molecule has 1 heterocycles. The highest BCUT2D eigenvalue weighted by Gasteiger charge is 2.24. The van der Waals surface area contributed by atoms with Gasteiger partial charge in [-0.3, -0.25) is 0 Å². The Balaban J connectivity index is 2.13. The van der Waals surface area contributed by atoms with Crippen LogP contribution < -0.4 is 5.73 Å². The van der Waals surface area contributed by atoms with Gasteiger partial charge in [0.1, 0.15) is 5.82 Å². The fourth-order valence-electron chi connectivity index (χ4n) is 2.50. The van der Waals surface area contributed by atoms with E-state index in [0.717, 1.165) is 15.3 Å². The minimum Gasteiger partial charge on any atom is -0.383 e. The third kappa shape index (κ3) is 2.29. The van der Waals surface area contributed by atoms with Crippen molar-refractivity contribution in [2.24, 2.45) is 5.92 Å². The molecule has 2 unspecified atom stereocenters. The molecule has 0 radical (unpaired) electrons. The molecular formula is C11H18IN3. The number of nitrogen functional groups attached to an aromatic ring is 1. The molecule has 84 valence electrons. The average Bonchev–Trinajstić information content (AvgIpc) is 2.60. The van der Waals surface area contributed by atoms with Crippen LogP contribution in [0.15, 0.2) is 6.20 Å². The van der Waals surface area contributed by atoms with Crippen molar-refractivity contribution in [3.8, 4) is 0 Å². The Morgan fingerprint density at radius 1 is 1.60 bits per heavy atom. The number of hydrogen-bond acceptors (Lipinski definition) is 2. The first-order chi connectivity index (χ1) is 7.22. The Kier molecular flexibility index (Phi) is 3.53. The van der Waals surface area contributed by atoms with Crippen LogP contribution in [0.3, 0.4) is 0 Å². The molecule has 15 heavy (non-hydrogen) atoms. The van der Waals surface area contributed by atoms with E-state index in [1.807, 2.05) is 10.9 Å². The molecule has 1 aromatic rings. The maximum atomic E-state index is 6.01. The van der Waals surface area contributed by atoms with Gasteiger partial charge in [0.15, 0.2) is 0 Å². The van der Waals surface area contributed by atoms with Crippen molar-refractivity contribution < 1.29 is 0 Å². The molecule has 0 aromatic carbocycles. The second-order valence-electron chi connectivity index (χ2n) is 4.42. The second-order valence-corrected chi connectivity index (χ2v) is 5.58. The molecule has 0 bridgehead atoms. The van der Waals surface area contributed by atoms with Crippen molar-refractivity contribution in [1.29, 1.82) is 0 Å². The highest BCUT2D eigenvalue weighted by Crippen LogP contribution is 2.35. The monoisotopic (exact) mass is 319 g/mol. The standard InChI is InChI=1S/C11H18IN3/c1-2-8-4-3-5-9(6-8)15-11(13)10(12)7-14-15/h7-9H,2-6,13H2,1H3. The molecule has 2 N–H and O–H groups in total. The number of nitrogens with two attached hydrogens (primary N) is 1. The van der Waals surface area contributed by atoms with Crippen molar-refractivity contribution in [3.63, 3.8) is 0 Å². The zero-order valence-corrected chi connectivity index (χ0v) is 11.3. The van der Waals surface area contributed by atoms with Crippen molar-refractivity contribution in [1.82, 2.24) is 9.78 Å². The molecule has 1 aromatic heterocycles. The summed E-state index contributed by atoms with van der Waals surface area (Å²) in [5.41, 5.74) is 6.01. The first kappa shape index (κ1) is 11.2. The van der Waals surface area contributed by atoms with E-state index in [0.29, 0.717) is 6.04 Å². The van der Waals surface area contributed by atoms with Crippen LogP contribution in [0, 0.1) is 9.49 Å². The van der Waals surface area contributed by atoms with Crippen LogP contribution in [0.1, 0.15) is 45.1 Å². The Labute approximate surface area is 105 Å². The third-order valence-corrected chi connectivity index (χ3v) is 4.30. The first-order valence-corrected chi connectivity index (χ1v) is 6.78. The van der Waals surface area contributed by atoms with E-state index in [2.05, 4.69) is 34.6 Å². The summed E-state index contributed by atoms with van der Waals surface area (Å²) in [5.74, 6) is 1.71. The molecule has 1 fully saturated rings. The van der Waals surface area contributed by atoms with Crippen LogP contribution >= 0.6 is 22.6 Å². The minimum absolute atomic E-state index is 0.534. The topological polar surface area (TPSA) is 43.8 Å². The van der Waals surface area contributed by atoms with E-state index in [9.17, 15) is 0 Å². The second kappa shape index (κ2) is 4.72. The van der Waals surface area contributed by atoms with E-state index >= 15 is 0 Å². The number of anilines is 1. The Morgan fingerprint density at radius 2 is 2.40 bits per heavy atom. The molecule has 0 saturated heterocycles. The summed E-state index contributed by atoms with van der Waals surface area (Å²) >= 11 is 2.25. The summed E-state index contributed by atoms with van der Waals surface area (Å²) in [4.78, 5) is 0. The van der Waals surface area contributed by atoms with Crippen LogP contribution in [0.4, 0.5) is 5.82 Å². The van der Waals surface area contributed by atoms with Crippen LogP contribution in [0.2, 0.25) is 0 Å². The minimum atomic E-state index is 0.534. The van der Waals surface area contributed by atoms with Gasteiger partial charge in [0.05, 0.1) is 15.8 Å². The predicted molar refractivity (Wildman–Crippen MR) is 70.6 cm³/mol. The molecule has 3 nitrogen and oxygen atoms in total. The summed E-state index contributed by atoms with van der Waals surface area (Å²) < 4.78 is 3.11. The van der Waals surface area contributed by atoms with Gasteiger partial charge < -0.3 is 5.73 Å². The first-order valence-electron chi connectivity index (χ1n) is 5.70. The fourth-order valence-corrected chi connectivity index (χ4v) is 2.87. The van der Waals surface area contributed by atoms with E-state index in [1.54, 1.807) is 0 Å². The van der Waals surface area contributed by atoms with Crippen LogP contribution in [0.25, 0.3) is 0 Å². The van der Waals surface area contributed by atoms with E-state index in [4.69, 9.17) is 5.73 Å². The summed E-state index contributed by atoms with van der Waals surface area (Å²) in [6.45, 7) is 2.28. The highest BCUT2D eigenvalue weighted by atomic mass is 127. The number of aromatic nitrogens is 2. The van der Waals surface area contributed by atoms with Crippen molar-refractivity contribution >= 4 is 28.4 Å². The van der Waals surface area contributed by atoms with Gasteiger partial charge in [-0.1, -0.05) is 26.2 Å². The lowest BCUT2D eigenvalue weighted by Crippen LogP contribution is -2.21.